The standard InChI is InChI=1S/C11H10Cl3NO4S/c12-6-3-7(20(15,17)18)10(14)8(9(6)13)11(16)19-4-5-1-2-5/h3,5H,1-2,4H2,(H2,15,17,18). The first kappa shape index (κ1) is 15.9. The molecule has 20 heavy (non-hydrogen) atoms. The molecule has 2 N–H and O–H groups in total. The Labute approximate surface area is 131 Å². The van der Waals surface area contributed by atoms with Gasteiger partial charge in [-0.25, -0.2) is 18.4 Å². The Morgan fingerprint density at radius 2 is 1.90 bits per heavy atom. The van der Waals surface area contributed by atoms with Crippen LogP contribution in [0.5, 0.6) is 0 Å². The van der Waals surface area contributed by atoms with Crippen LogP contribution in [0.4, 0.5) is 0 Å². The summed E-state index contributed by atoms with van der Waals surface area (Å²) in [6, 6.07) is 0.999. The summed E-state index contributed by atoms with van der Waals surface area (Å²) >= 11 is 17.6. The lowest BCUT2D eigenvalue weighted by molar-refractivity contribution is 0.0486. The van der Waals surface area contributed by atoms with Gasteiger partial charge in [-0.2, -0.15) is 0 Å². The van der Waals surface area contributed by atoms with E-state index in [0.717, 1.165) is 18.9 Å². The molecule has 0 spiro atoms. The van der Waals surface area contributed by atoms with Crippen molar-refractivity contribution in [3.05, 3.63) is 26.7 Å². The van der Waals surface area contributed by atoms with Gasteiger partial charge in [-0.15, -0.1) is 0 Å². The van der Waals surface area contributed by atoms with E-state index in [9.17, 15) is 13.2 Å². The van der Waals surface area contributed by atoms with Crippen LogP contribution in [0.15, 0.2) is 11.0 Å². The largest absolute Gasteiger partial charge is 0.462 e. The molecule has 0 heterocycles. The Morgan fingerprint density at radius 3 is 2.40 bits per heavy atom. The number of benzene rings is 1. The minimum atomic E-state index is -4.13. The third-order valence-corrected chi connectivity index (χ3v) is 5.01. The fourth-order valence-corrected chi connectivity index (χ4v) is 3.24. The number of ether oxygens (including phenoxy) is 1. The average Bonchev–Trinajstić information content (AvgIpc) is 3.14. The summed E-state index contributed by atoms with van der Waals surface area (Å²) in [6.07, 6.45) is 1.99. The van der Waals surface area contributed by atoms with E-state index in [1.807, 2.05) is 0 Å². The molecule has 0 radical (unpaired) electrons. The highest BCUT2D eigenvalue weighted by Gasteiger charge is 2.28. The number of hydrogen-bond acceptors (Lipinski definition) is 4. The quantitative estimate of drug-likeness (QED) is 0.662. The minimum Gasteiger partial charge on any atom is -0.462 e. The zero-order valence-corrected chi connectivity index (χ0v) is 13.1. The van der Waals surface area contributed by atoms with Gasteiger partial charge >= 0.3 is 5.97 Å². The summed E-state index contributed by atoms with van der Waals surface area (Å²) in [4.78, 5) is 11.5. The summed E-state index contributed by atoms with van der Waals surface area (Å²) in [7, 11) is -4.13. The lowest BCUT2D eigenvalue weighted by Gasteiger charge is -2.11. The summed E-state index contributed by atoms with van der Waals surface area (Å²) in [5.41, 5.74) is -0.287. The van der Waals surface area contributed by atoms with Crippen LogP contribution in [0.3, 0.4) is 0 Å². The van der Waals surface area contributed by atoms with Gasteiger partial charge in [-0.1, -0.05) is 34.8 Å². The molecule has 1 aliphatic rings. The third kappa shape index (κ3) is 3.38. The number of carbonyl (C=O) groups is 1. The van der Waals surface area contributed by atoms with Crippen LogP contribution >= 0.6 is 34.8 Å². The summed E-state index contributed by atoms with van der Waals surface area (Å²) < 4.78 is 27.8. The highest BCUT2D eigenvalue weighted by atomic mass is 35.5. The van der Waals surface area contributed by atoms with E-state index in [4.69, 9.17) is 44.7 Å². The van der Waals surface area contributed by atoms with E-state index in [1.54, 1.807) is 0 Å². The molecule has 110 valence electrons. The molecule has 1 fully saturated rings. The van der Waals surface area contributed by atoms with Crippen molar-refractivity contribution in [1.82, 2.24) is 0 Å². The predicted molar refractivity (Wildman–Crippen MR) is 75.9 cm³/mol. The first-order chi connectivity index (χ1) is 9.21. The SMILES string of the molecule is NS(=O)(=O)c1cc(Cl)c(Cl)c(C(=O)OCC2CC2)c1Cl. The van der Waals surface area contributed by atoms with Crippen LogP contribution in [-0.2, 0) is 14.8 Å². The molecule has 1 saturated carbocycles. The van der Waals surface area contributed by atoms with Crippen molar-refractivity contribution < 1.29 is 17.9 Å². The molecular weight excluding hydrogens is 349 g/mol. The first-order valence-electron chi connectivity index (χ1n) is 5.59. The van der Waals surface area contributed by atoms with E-state index in [0.29, 0.717) is 5.92 Å². The van der Waals surface area contributed by atoms with Crippen LogP contribution in [0.2, 0.25) is 15.1 Å². The van der Waals surface area contributed by atoms with Crippen molar-refractivity contribution in [3.63, 3.8) is 0 Å². The van der Waals surface area contributed by atoms with Gasteiger partial charge in [0, 0.05) is 0 Å². The fraction of sp³-hybridized carbons (Fsp3) is 0.364. The zero-order chi connectivity index (χ0) is 15.1. The number of nitrogens with two attached hydrogens (primary N) is 1. The molecule has 1 aliphatic carbocycles. The van der Waals surface area contributed by atoms with Crippen LogP contribution in [-0.4, -0.2) is 21.0 Å². The second kappa shape index (κ2) is 5.69. The molecule has 0 aromatic heterocycles. The predicted octanol–water partition coefficient (Wildman–Crippen LogP) is 2.86. The molecule has 0 unspecified atom stereocenters. The van der Waals surface area contributed by atoms with Gasteiger partial charge in [0.25, 0.3) is 0 Å². The highest BCUT2D eigenvalue weighted by molar-refractivity contribution is 7.89. The van der Waals surface area contributed by atoms with Crippen LogP contribution in [0, 0.1) is 5.92 Å². The molecule has 9 heteroatoms. The first-order valence-corrected chi connectivity index (χ1v) is 8.27. The van der Waals surface area contributed by atoms with Crippen molar-refractivity contribution in [2.75, 3.05) is 6.61 Å². The van der Waals surface area contributed by atoms with Gasteiger partial charge in [-0.3, -0.25) is 0 Å². The minimum absolute atomic E-state index is 0.140. The van der Waals surface area contributed by atoms with Crippen LogP contribution in [0.1, 0.15) is 23.2 Å². The third-order valence-electron chi connectivity index (χ3n) is 2.78. The lowest BCUT2D eigenvalue weighted by Crippen LogP contribution is -2.16. The van der Waals surface area contributed by atoms with Crippen molar-refractivity contribution in [2.45, 2.75) is 17.7 Å². The topological polar surface area (TPSA) is 86.5 Å². The Hall–Kier alpha value is -0.530. The maximum absolute atomic E-state index is 12.0. The second-order valence-electron chi connectivity index (χ2n) is 4.45. The molecular formula is C11H10Cl3NO4S. The maximum atomic E-state index is 12.0. The highest BCUT2D eigenvalue weighted by Crippen LogP contribution is 2.37. The van der Waals surface area contributed by atoms with Gasteiger partial charge in [-0.05, 0) is 24.8 Å². The summed E-state index contributed by atoms with van der Waals surface area (Å²) in [6.45, 7) is 0.239. The molecule has 2 rings (SSSR count). The number of hydrogen-bond donors (Lipinski definition) is 1. The van der Waals surface area contributed by atoms with E-state index in [-0.39, 0.29) is 27.2 Å². The van der Waals surface area contributed by atoms with Crippen LogP contribution in [0.25, 0.3) is 0 Å². The average molecular weight is 359 g/mol. The fourth-order valence-electron chi connectivity index (χ4n) is 1.52. The maximum Gasteiger partial charge on any atom is 0.341 e. The van der Waals surface area contributed by atoms with Crippen molar-refractivity contribution in [2.24, 2.45) is 11.1 Å². The van der Waals surface area contributed by atoms with Crippen LogP contribution < -0.4 is 5.14 Å². The van der Waals surface area contributed by atoms with E-state index in [2.05, 4.69) is 0 Å². The summed E-state index contributed by atoms with van der Waals surface area (Å²) in [5, 5.41) is 4.32. The molecule has 0 saturated heterocycles. The summed E-state index contributed by atoms with van der Waals surface area (Å²) in [5.74, 6) is -0.479. The second-order valence-corrected chi connectivity index (χ2v) is 7.14. The van der Waals surface area contributed by atoms with Gasteiger partial charge < -0.3 is 4.74 Å². The molecule has 0 aliphatic heterocycles. The lowest BCUT2D eigenvalue weighted by atomic mass is 10.2. The Kier molecular flexibility index (Phi) is 4.51. The number of rotatable bonds is 4. The van der Waals surface area contributed by atoms with Gasteiger partial charge in [0.05, 0.1) is 27.2 Å². The molecule has 1 aromatic carbocycles. The van der Waals surface area contributed by atoms with Crippen molar-refractivity contribution in [1.29, 1.82) is 0 Å². The smallest absolute Gasteiger partial charge is 0.341 e. The monoisotopic (exact) mass is 357 g/mol. The number of sulfonamides is 1. The molecule has 0 bridgehead atoms. The molecule has 0 amide bonds. The normalized spacial score (nSPS) is 15.2. The van der Waals surface area contributed by atoms with E-state index >= 15 is 0 Å². The van der Waals surface area contributed by atoms with Crippen molar-refractivity contribution >= 4 is 50.8 Å². The number of primary sulfonamides is 1. The number of esters is 1. The Bertz CT molecular complexity index is 671. The Balaban J connectivity index is 2.44. The van der Waals surface area contributed by atoms with Gasteiger partial charge in [0.2, 0.25) is 10.0 Å². The molecule has 0 atom stereocenters. The number of halogens is 3. The zero-order valence-electron chi connectivity index (χ0n) is 10.0. The van der Waals surface area contributed by atoms with Gasteiger partial charge in [0.1, 0.15) is 4.90 Å². The van der Waals surface area contributed by atoms with E-state index < -0.39 is 20.9 Å². The Morgan fingerprint density at radius 1 is 1.30 bits per heavy atom. The van der Waals surface area contributed by atoms with Gasteiger partial charge in [0.15, 0.2) is 0 Å². The molecule has 1 aromatic rings. The molecule has 5 nitrogen and oxygen atoms in total. The van der Waals surface area contributed by atoms with E-state index in [1.165, 1.54) is 0 Å². The van der Waals surface area contributed by atoms with Crippen molar-refractivity contribution in [3.8, 4) is 0 Å². The number of carbonyl (C=O) groups excluding carboxylic acids is 1.